The number of benzene rings is 1. The normalized spacial score (nSPS) is 10.6. The van der Waals surface area contributed by atoms with Crippen LogP contribution in [-0.2, 0) is 0 Å². The predicted octanol–water partition coefficient (Wildman–Crippen LogP) is 2.70. The second-order valence-corrected chi connectivity index (χ2v) is 3.64. The van der Waals surface area contributed by atoms with Gasteiger partial charge >= 0.3 is 0 Å². The lowest BCUT2D eigenvalue weighted by molar-refractivity contribution is 0.0955. The number of hydrazone groups is 1. The zero-order chi connectivity index (χ0) is 12.1. The molecule has 17 heavy (non-hydrogen) atoms. The van der Waals surface area contributed by atoms with Gasteiger partial charge in [0.2, 0.25) is 0 Å². The highest BCUT2D eigenvalue weighted by atomic mass is 35.5. The summed E-state index contributed by atoms with van der Waals surface area (Å²) >= 11 is 5.87. The number of amides is 1. The van der Waals surface area contributed by atoms with Gasteiger partial charge in [-0.2, -0.15) is 5.10 Å². The lowest BCUT2D eigenvalue weighted by Gasteiger charge is -2.00. The Hall–Kier alpha value is -2.07. The highest BCUT2D eigenvalue weighted by Crippen LogP contribution is 2.14. The number of carbonyl (C=O) groups is 1. The van der Waals surface area contributed by atoms with E-state index in [1.807, 2.05) is 0 Å². The first-order chi connectivity index (χ1) is 8.27. The summed E-state index contributed by atoms with van der Waals surface area (Å²) < 4.78 is 4.85. The standard InChI is InChI=1S/C12H9ClN2O2/c13-11-4-2-1-3-10(11)12(16)15-14-7-9-5-6-17-8-9/h1-8H,(H,15,16)/b14-7-. The summed E-state index contributed by atoms with van der Waals surface area (Å²) in [7, 11) is 0. The van der Waals surface area contributed by atoms with Crippen molar-refractivity contribution in [2.75, 3.05) is 0 Å². The van der Waals surface area contributed by atoms with Gasteiger partial charge in [-0.05, 0) is 18.2 Å². The van der Waals surface area contributed by atoms with Crippen LogP contribution < -0.4 is 5.43 Å². The molecule has 2 aromatic rings. The van der Waals surface area contributed by atoms with E-state index in [1.165, 1.54) is 18.7 Å². The molecule has 4 nitrogen and oxygen atoms in total. The molecule has 2 rings (SSSR count). The summed E-state index contributed by atoms with van der Waals surface area (Å²) in [4.78, 5) is 11.7. The Balaban J connectivity index is 2.01. The summed E-state index contributed by atoms with van der Waals surface area (Å²) in [6.07, 6.45) is 4.53. The third-order valence-corrected chi connectivity index (χ3v) is 2.37. The maximum Gasteiger partial charge on any atom is 0.272 e. The number of nitrogens with zero attached hydrogens (tertiary/aromatic N) is 1. The van der Waals surface area contributed by atoms with Gasteiger partial charge in [0.15, 0.2) is 0 Å². The van der Waals surface area contributed by atoms with Gasteiger partial charge in [-0.25, -0.2) is 5.43 Å². The van der Waals surface area contributed by atoms with E-state index < -0.39 is 0 Å². The van der Waals surface area contributed by atoms with Gasteiger partial charge in [-0.1, -0.05) is 23.7 Å². The monoisotopic (exact) mass is 248 g/mol. The Morgan fingerprint density at radius 2 is 2.18 bits per heavy atom. The molecule has 0 spiro atoms. The van der Waals surface area contributed by atoms with Crippen molar-refractivity contribution in [1.29, 1.82) is 0 Å². The maximum atomic E-state index is 11.7. The molecule has 0 bridgehead atoms. The molecule has 0 saturated carbocycles. The minimum absolute atomic E-state index is 0.352. The second-order valence-electron chi connectivity index (χ2n) is 3.24. The molecule has 1 aromatic carbocycles. The molecule has 0 aliphatic rings. The summed E-state index contributed by atoms with van der Waals surface area (Å²) in [5.41, 5.74) is 3.54. The SMILES string of the molecule is O=C(N/N=C\c1ccoc1)c1ccccc1Cl. The lowest BCUT2D eigenvalue weighted by Crippen LogP contribution is -2.17. The topological polar surface area (TPSA) is 54.6 Å². The van der Waals surface area contributed by atoms with Crippen LogP contribution >= 0.6 is 11.6 Å². The second kappa shape index (κ2) is 5.32. The van der Waals surface area contributed by atoms with Crippen LogP contribution in [0.25, 0.3) is 0 Å². The zero-order valence-electron chi connectivity index (χ0n) is 8.76. The van der Waals surface area contributed by atoms with Gasteiger partial charge in [0.25, 0.3) is 5.91 Å². The highest BCUT2D eigenvalue weighted by Gasteiger charge is 2.07. The first-order valence-electron chi connectivity index (χ1n) is 4.87. The zero-order valence-corrected chi connectivity index (χ0v) is 9.52. The number of hydrogen-bond acceptors (Lipinski definition) is 3. The van der Waals surface area contributed by atoms with Gasteiger partial charge in [-0.15, -0.1) is 0 Å². The number of nitrogens with one attached hydrogen (secondary N) is 1. The smallest absolute Gasteiger partial charge is 0.272 e. The fraction of sp³-hybridized carbons (Fsp3) is 0. The first-order valence-corrected chi connectivity index (χ1v) is 5.25. The molecule has 0 fully saturated rings. The van der Waals surface area contributed by atoms with E-state index in [-0.39, 0.29) is 5.91 Å². The van der Waals surface area contributed by atoms with Crippen LogP contribution in [0.4, 0.5) is 0 Å². The number of halogens is 1. The fourth-order valence-corrected chi connectivity index (χ4v) is 1.44. The van der Waals surface area contributed by atoms with E-state index in [4.69, 9.17) is 16.0 Å². The van der Waals surface area contributed by atoms with Crippen LogP contribution in [0.3, 0.4) is 0 Å². The van der Waals surface area contributed by atoms with Crippen molar-refractivity contribution < 1.29 is 9.21 Å². The summed E-state index contributed by atoms with van der Waals surface area (Å²) in [5, 5.41) is 4.18. The minimum atomic E-state index is -0.352. The number of furan rings is 1. The van der Waals surface area contributed by atoms with Crippen molar-refractivity contribution in [3.63, 3.8) is 0 Å². The highest BCUT2D eigenvalue weighted by molar-refractivity contribution is 6.33. The molecule has 0 aliphatic heterocycles. The van der Waals surface area contributed by atoms with E-state index >= 15 is 0 Å². The number of carbonyl (C=O) groups excluding carboxylic acids is 1. The molecule has 1 heterocycles. The Morgan fingerprint density at radius 1 is 1.35 bits per heavy atom. The molecular formula is C12H9ClN2O2. The molecule has 1 amide bonds. The van der Waals surface area contributed by atoms with Gasteiger partial charge < -0.3 is 4.42 Å². The Bertz CT molecular complexity index is 535. The quantitative estimate of drug-likeness (QED) is 0.671. The molecule has 5 heteroatoms. The summed E-state index contributed by atoms with van der Waals surface area (Å²) in [6.45, 7) is 0. The average Bonchev–Trinajstić information content (AvgIpc) is 2.82. The Labute approximate surface area is 103 Å². The van der Waals surface area contributed by atoms with Gasteiger partial charge in [0, 0.05) is 5.56 Å². The van der Waals surface area contributed by atoms with Crippen molar-refractivity contribution in [1.82, 2.24) is 5.43 Å². The number of hydrogen-bond donors (Lipinski definition) is 1. The third-order valence-electron chi connectivity index (χ3n) is 2.04. The van der Waals surface area contributed by atoms with E-state index in [1.54, 1.807) is 30.3 Å². The van der Waals surface area contributed by atoms with Crippen LogP contribution in [0.2, 0.25) is 5.02 Å². The van der Waals surface area contributed by atoms with Crippen LogP contribution in [0.15, 0.2) is 52.4 Å². The van der Waals surface area contributed by atoms with Crippen LogP contribution in [0.5, 0.6) is 0 Å². The van der Waals surface area contributed by atoms with Gasteiger partial charge in [-0.3, -0.25) is 4.79 Å². The minimum Gasteiger partial charge on any atom is -0.472 e. The Morgan fingerprint density at radius 3 is 2.88 bits per heavy atom. The fourth-order valence-electron chi connectivity index (χ4n) is 1.22. The van der Waals surface area contributed by atoms with Crippen molar-refractivity contribution in [3.05, 3.63) is 59.0 Å². The molecule has 86 valence electrons. The Kier molecular flexibility index (Phi) is 3.57. The van der Waals surface area contributed by atoms with E-state index in [0.717, 1.165) is 5.56 Å². The predicted molar refractivity (Wildman–Crippen MR) is 65.2 cm³/mol. The maximum absolute atomic E-state index is 11.7. The molecule has 0 saturated heterocycles. The van der Waals surface area contributed by atoms with Crippen molar-refractivity contribution >= 4 is 23.7 Å². The van der Waals surface area contributed by atoms with Crippen molar-refractivity contribution in [2.24, 2.45) is 5.10 Å². The summed E-state index contributed by atoms with van der Waals surface area (Å²) in [6, 6.07) is 8.50. The van der Waals surface area contributed by atoms with Crippen LogP contribution in [-0.4, -0.2) is 12.1 Å². The van der Waals surface area contributed by atoms with Gasteiger partial charge in [0.1, 0.15) is 0 Å². The van der Waals surface area contributed by atoms with Crippen molar-refractivity contribution in [3.8, 4) is 0 Å². The van der Waals surface area contributed by atoms with Crippen LogP contribution in [0, 0.1) is 0 Å². The van der Waals surface area contributed by atoms with Crippen LogP contribution in [0.1, 0.15) is 15.9 Å². The third kappa shape index (κ3) is 2.95. The number of rotatable bonds is 3. The first kappa shape index (κ1) is 11.4. The molecule has 1 N–H and O–H groups in total. The molecule has 0 aliphatic carbocycles. The largest absolute Gasteiger partial charge is 0.472 e. The molecule has 1 aromatic heterocycles. The molecule has 0 unspecified atom stereocenters. The lowest BCUT2D eigenvalue weighted by atomic mass is 10.2. The molecule has 0 radical (unpaired) electrons. The summed E-state index contributed by atoms with van der Waals surface area (Å²) in [5.74, 6) is -0.352. The van der Waals surface area contributed by atoms with Gasteiger partial charge in [0.05, 0.1) is 29.3 Å². The van der Waals surface area contributed by atoms with E-state index in [2.05, 4.69) is 10.5 Å². The average molecular weight is 249 g/mol. The molecule has 0 atom stereocenters. The van der Waals surface area contributed by atoms with E-state index in [0.29, 0.717) is 10.6 Å². The molecular weight excluding hydrogens is 240 g/mol. The van der Waals surface area contributed by atoms with E-state index in [9.17, 15) is 4.79 Å². The van der Waals surface area contributed by atoms with Crippen molar-refractivity contribution in [2.45, 2.75) is 0 Å².